The number of hydrogen-bond donors (Lipinski definition) is 1. The molecule has 0 saturated carbocycles. The van der Waals surface area contributed by atoms with E-state index in [9.17, 15) is 10.1 Å². The lowest BCUT2D eigenvalue weighted by Crippen LogP contribution is -2.17. The number of fused-ring (bicyclic) bond motifs is 1. The number of terminal acetylenes is 1. The molecule has 6 heteroatoms. The maximum Gasteiger partial charge on any atom is 0.266 e. The van der Waals surface area contributed by atoms with Crippen LogP contribution in [-0.2, 0) is 4.79 Å². The zero-order valence-electron chi connectivity index (χ0n) is 14.4. The van der Waals surface area contributed by atoms with Gasteiger partial charge < -0.3 is 19.5 Å². The first kappa shape index (κ1) is 17.9. The second kappa shape index (κ2) is 8.46. The maximum atomic E-state index is 12.4. The van der Waals surface area contributed by atoms with Gasteiger partial charge in [-0.05, 0) is 35.9 Å². The molecule has 0 atom stereocenters. The Labute approximate surface area is 157 Å². The third-order valence-corrected chi connectivity index (χ3v) is 3.68. The summed E-state index contributed by atoms with van der Waals surface area (Å²) < 4.78 is 16.2. The molecule has 27 heavy (non-hydrogen) atoms. The average Bonchev–Trinajstić information content (AvgIpc) is 2.71. The summed E-state index contributed by atoms with van der Waals surface area (Å²) in [5.41, 5.74) is 1.18. The highest BCUT2D eigenvalue weighted by Crippen LogP contribution is 2.32. The van der Waals surface area contributed by atoms with Crippen LogP contribution in [0.15, 0.2) is 48.0 Å². The predicted molar refractivity (Wildman–Crippen MR) is 100 cm³/mol. The monoisotopic (exact) mass is 360 g/mol. The van der Waals surface area contributed by atoms with E-state index in [1.165, 1.54) is 6.08 Å². The Kier molecular flexibility index (Phi) is 5.61. The van der Waals surface area contributed by atoms with Gasteiger partial charge in [-0.1, -0.05) is 18.1 Å². The number of hydrogen-bond acceptors (Lipinski definition) is 5. The number of carbonyl (C=O) groups excluding carboxylic acids is 1. The average molecular weight is 360 g/mol. The molecule has 0 radical (unpaired) electrons. The van der Waals surface area contributed by atoms with Crippen molar-refractivity contribution in [3.05, 3.63) is 53.6 Å². The van der Waals surface area contributed by atoms with Crippen LogP contribution in [0.2, 0.25) is 0 Å². The lowest BCUT2D eigenvalue weighted by Gasteiger charge is -2.18. The summed E-state index contributed by atoms with van der Waals surface area (Å²) in [6.45, 7) is 1.12. The van der Waals surface area contributed by atoms with Crippen molar-refractivity contribution in [2.75, 3.05) is 25.1 Å². The Bertz CT molecular complexity index is 950. The van der Waals surface area contributed by atoms with Gasteiger partial charge >= 0.3 is 0 Å². The van der Waals surface area contributed by atoms with Crippen LogP contribution in [0.25, 0.3) is 6.08 Å². The van der Waals surface area contributed by atoms with Crippen LogP contribution in [0.5, 0.6) is 17.2 Å². The normalized spacial score (nSPS) is 12.4. The van der Waals surface area contributed by atoms with E-state index in [1.807, 2.05) is 6.07 Å². The first-order valence-electron chi connectivity index (χ1n) is 8.19. The fraction of sp³-hybridized carbons (Fsp3) is 0.143. The van der Waals surface area contributed by atoms with E-state index in [4.69, 9.17) is 20.6 Å². The highest BCUT2D eigenvalue weighted by atomic mass is 16.6. The Balaban J connectivity index is 1.71. The summed E-state index contributed by atoms with van der Waals surface area (Å²) >= 11 is 0. The number of ether oxygens (including phenoxy) is 3. The van der Waals surface area contributed by atoms with Gasteiger partial charge in [-0.15, -0.1) is 6.42 Å². The molecule has 1 N–H and O–H groups in total. The molecule has 0 fully saturated rings. The van der Waals surface area contributed by atoms with Crippen molar-refractivity contribution in [3.63, 3.8) is 0 Å². The van der Waals surface area contributed by atoms with Crippen molar-refractivity contribution < 1.29 is 19.0 Å². The largest absolute Gasteiger partial charge is 0.486 e. The predicted octanol–water partition coefficient (Wildman–Crippen LogP) is 3.02. The van der Waals surface area contributed by atoms with E-state index in [0.717, 1.165) is 0 Å². The molecular formula is C21H16N2O4. The number of benzene rings is 2. The minimum atomic E-state index is -0.512. The number of rotatable bonds is 5. The van der Waals surface area contributed by atoms with Gasteiger partial charge in [0.2, 0.25) is 0 Å². The Morgan fingerprint density at radius 3 is 2.63 bits per heavy atom. The van der Waals surface area contributed by atoms with Gasteiger partial charge in [-0.3, -0.25) is 4.79 Å². The molecule has 0 unspecified atom stereocenters. The summed E-state index contributed by atoms with van der Waals surface area (Å²) in [7, 11) is 0. The summed E-state index contributed by atoms with van der Waals surface area (Å²) in [4.78, 5) is 12.4. The molecule has 1 aliphatic heterocycles. The van der Waals surface area contributed by atoms with Crippen LogP contribution in [0.3, 0.4) is 0 Å². The van der Waals surface area contributed by atoms with Crippen molar-refractivity contribution >= 4 is 17.7 Å². The van der Waals surface area contributed by atoms with E-state index in [1.54, 1.807) is 42.5 Å². The lowest BCUT2D eigenvalue weighted by atomic mass is 10.1. The van der Waals surface area contributed by atoms with Crippen LogP contribution in [0, 0.1) is 23.7 Å². The molecule has 0 bridgehead atoms. The van der Waals surface area contributed by atoms with Crippen LogP contribution >= 0.6 is 0 Å². The smallest absolute Gasteiger partial charge is 0.266 e. The number of carbonyl (C=O) groups is 1. The van der Waals surface area contributed by atoms with Crippen LogP contribution in [0.4, 0.5) is 5.69 Å². The molecule has 6 nitrogen and oxygen atoms in total. The number of anilines is 1. The molecule has 2 aromatic carbocycles. The number of nitrogens with zero attached hydrogens (tertiary/aromatic N) is 1. The fourth-order valence-electron chi connectivity index (χ4n) is 2.42. The van der Waals surface area contributed by atoms with Crippen molar-refractivity contribution in [1.82, 2.24) is 0 Å². The van der Waals surface area contributed by atoms with Crippen molar-refractivity contribution in [3.8, 4) is 35.7 Å². The van der Waals surface area contributed by atoms with Crippen molar-refractivity contribution in [2.45, 2.75) is 0 Å². The number of nitriles is 1. The molecule has 3 rings (SSSR count). The topological polar surface area (TPSA) is 80.6 Å². The minimum Gasteiger partial charge on any atom is -0.486 e. The highest BCUT2D eigenvalue weighted by molar-refractivity contribution is 6.09. The molecule has 134 valence electrons. The van der Waals surface area contributed by atoms with Crippen LogP contribution in [-0.4, -0.2) is 25.7 Å². The Morgan fingerprint density at radius 2 is 1.93 bits per heavy atom. The zero-order valence-corrected chi connectivity index (χ0v) is 14.4. The molecule has 2 aromatic rings. The molecular weight excluding hydrogens is 344 g/mol. The lowest BCUT2D eigenvalue weighted by molar-refractivity contribution is -0.112. The quantitative estimate of drug-likeness (QED) is 0.504. The van der Waals surface area contributed by atoms with Gasteiger partial charge in [0.25, 0.3) is 5.91 Å². The fourth-order valence-corrected chi connectivity index (χ4v) is 2.42. The summed E-state index contributed by atoms with van der Waals surface area (Å²) in [6, 6.07) is 13.9. The Hall–Kier alpha value is -3.90. The molecule has 0 aromatic heterocycles. The summed E-state index contributed by atoms with van der Waals surface area (Å²) in [5.74, 6) is 3.67. The standard InChI is InChI=1S/C21H16N2O4/c1-2-9-25-18-6-3-15(4-7-18)12-16(14-22)21(24)23-17-5-8-19-20(13-17)27-11-10-26-19/h1,3-8,12-13H,9-11H2,(H,23,24)/b16-12-. The molecule has 0 spiro atoms. The number of nitrogens with one attached hydrogen (secondary N) is 1. The molecule has 0 aliphatic carbocycles. The van der Waals surface area contributed by atoms with E-state index in [-0.39, 0.29) is 12.2 Å². The van der Waals surface area contributed by atoms with Gasteiger partial charge in [0.05, 0.1) is 0 Å². The number of amides is 1. The van der Waals surface area contributed by atoms with Crippen LogP contribution in [0.1, 0.15) is 5.56 Å². The second-order valence-corrected chi connectivity index (χ2v) is 5.54. The Morgan fingerprint density at radius 1 is 1.19 bits per heavy atom. The SMILES string of the molecule is C#CCOc1ccc(/C=C(/C#N)C(=O)Nc2ccc3c(c2)OCCO3)cc1. The summed E-state index contributed by atoms with van der Waals surface area (Å²) in [6.07, 6.45) is 6.64. The van der Waals surface area contributed by atoms with E-state index in [2.05, 4.69) is 11.2 Å². The van der Waals surface area contributed by atoms with Crippen LogP contribution < -0.4 is 19.5 Å². The maximum absolute atomic E-state index is 12.4. The van der Waals surface area contributed by atoms with E-state index < -0.39 is 5.91 Å². The van der Waals surface area contributed by atoms with E-state index >= 15 is 0 Å². The van der Waals surface area contributed by atoms with Gasteiger partial charge in [0, 0.05) is 11.8 Å². The third kappa shape index (κ3) is 4.59. The van der Waals surface area contributed by atoms with E-state index in [0.29, 0.717) is 41.7 Å². The van der Waals surface area contributed by atoms with Gasteiger partial charge in [0.1, 0.15) is 37.2 Å². The van der Waals surface area contributed by atoms with Gasteiger partial charge in [-0.25, -0.2) is 0 Å². The highest BCUT2D eigenvalue weighted by Gasteiger charge is 2.14. The first-order valence-corrected chi connectivity index (χ1v) is 8.19. The molecule has 1 heterocycles. The molecule has 0 saturated heterocycles. The molecule has 1 aliphatic rings. The second-order valence-electron chi connectivity index (χ2n) is 5.54. The van der Waals surface area contributed by atoms with Crippen molar-refractivity contribution in [1.29, 1.82) is 5.26 Å². The molecule has 1 amide bonds. The minimum absolute atomic E-state index is 0.0258. The van der Waals surface area contributed by atoms with Crippen molar-refractivity contribution in [2.24, 2.45) is 0 Å². The van der Waals surface area contributed by atoms with Gasteiger partial charge in [0.15, 0.2) is 11.5 Å². The zero-order chi connectivity index (χ0) is 19.1. The summed E-state index contributed by atoms with van der Waals surface area (Å²) in [5, 5.41) is 12.0. The third-order valence-electron chi connectivity index (χ3n) is 3.68. The first-order chi connectivity index (χ1) is 13.2. The van der Waals surface area contributed by atoms with Gasteiger partial charge in [-0.2, -0.15) is 5.26 Å².